The van der Waals surface area contributed by atoms with Gasteiger partial charge in [0.2, 0.25) is 0 Å². The SMILES string of the molecule is CC.CC.CC(C)(C)C=N/C(=C(\O)c1ccc(S(C)(=O)=O)cc1)c1ccc(F)cc1. The van der Waals surface area contributed by atoms with E-state index >= 15 is 0 Å². The van der Waals surface area contributed by atoms with E-state index < -0.39 is 9.84 Å². The van der Waals surface area contributed by atoms with Gasteiger partial charge in [0.1, 0.15) is 17.3 Å². The number of benzene rings is 2. The minimum absolute atomic E-state index is 0.114. The Hall–Kier alpha value is -2.47. The number of rotatable bonds is 4. The summed E-state index contributed by atoms with van der Waals surface area (Å²) in [7, 11) is -3.32. The van der Waals surface area contributed by atoms with Gasteiger partial charge in [-0.3, -0.25) is 4.99 Å². The predicted octanol–water partition coefficient (Wildman–Crippen LogP) is 6.78. The Morgan fingerprint density at radius 2 is 1.33 bits per heavy atom. The van der Waals surface area contributed by atoms with Crippen molar-refractivity contribution in [3.8, 4) is 0 Å². The largest absolute Gasteiger partial charge is 0.505 e. The van der Waals surface area contributed by atoms with Gasteiger partial charge >= 0.3 is 0 Å². The summed E-state index contributed by atoms with van der Waals surface area (Å²) in [6, 6.07) is 11.5. The zero-order valence-electron chi connectivity index (χ0n) is 19.2. The van der Waals surface area contributed by atoms with Crippen molar-refractivity contribution in [1.29, 1.82) is 0 Å². The molecular weight excluding hydrogens is 401 g/mol. The van der Waals surface area contributed by atoms with Crippen molar-refractivity contribution in [2.45, 2.75) is 53.4 Å². The minimum Gasteiger partial charge on any atom is -0.505 e. The summed E-state index contributed by atoms with van der Waals surface area (Å²) in [6.45, 7) is 13.9. The Morgan fingerprint density at radius 1 is 0.900 bits per heavy atom. The third kappa shape index (κ3) is 8.91. The smallest absolute Gasteiger partial charge is 0.175 e. The van der Waals surface area contributed by atoms with Gasteiger partial charge in [-0.2, -0.15) is 0 Å². The summed E-state index contributed by atoms with van der Waals surface area (Å²) < 4.78 is 36.4. The van der Waals surface area contributed by atoms with Gasteiger partial charge < -0.3 is 5.11 Å². The topological polar surface area (TPSA) is 66.7 Å². The molecule has 0 aliphatic rings. The van der Waals surface area contributed by atoms with Crippen LogP contribution in [0, 0.1) is 11.2 Å². The number of hydrogen-bond donors (Lipinski definition) is 1. The maximum atomic E-state index is 13.2. The molecule has 6 heteroatoms. The fourth-order valence-electron chi connectivity index (χ4n) is 2.14. The van der Waals surface area contributed by atoms with Gasteiger partial charge in [0.15, 0.2) is 9.84 Å². The molecule has 0 aromatic heterocycles. The summed E-state index contributed by atoms with van der Waals surface area (Å²) >= 11 is 0. The van der Waals surface area contributed by atoms with Crippen LogP contribution in [0.3, 0.4) is 0 Å². The van der Waals surface area contributed by atoms with E-state index in [1.165, 1.54) is 48.5 Å². The summed E-state index contributed by atoms with van der Waals surface area (Å²) in [4.78, 5) is 4.57. The van der Waals surface area contributed by atoms with Gasteiger partial charge in [-0.25, -0.2) is 12.8 Å². The number of nitrogens with zero attached hydrogens (tertiary/aromatic N) is 1. The van der Waals surface area contributed by atoms with Crippen molar-refractivity contribution in [3.05, 3.63) is 65.5 Å². The van der Waals surface area contributed by atoms with Gasteiger partial charge in [0.05, 0.1) is 4.90 Å². The highest BCUT2D eigenvalue weighted by molar-refractivity contribution is 7.90. The first-order valence-electron chi connectivity index (χ1n) is 10.0. The highest BCUT2D eigenvalue weighted by Crippen LogP contribution is 2.27. The number of sulfone groups is 1. The van der Waals surface area contributed by atoms with E-state index in [4.69, 9.17) is 0 Å². The lowest BCUT2D eigenvalue weighted by atomic mass is 9.99. The molecule has 0 aliphatic carbocycles. The molecule has 1 N–H and O–H groups in total. The van der Waals surface area contributed by atoms with Crippen LogP contribution >= 0.6 is 0 Å². The van der Waals surface area contributed by atoms with Gasteiger partial charge in [-0.15, -0.1) is 0 Å². The molecule has 0 amide bonds. The molecule has 30 heavy (non-hydrogen) atoms. The second-order valence-corrected chi connectivity index (χ2v) is 9.14. The van der Waals surface area contributed by atoms with E-state index in [9.17, 15) is 17.9 Å². The number of hydrogen-bond acceptors (Lipinski definition) is 4. The maximum absolute atomic E-state index is 13.2. The Kier molecular flexibility index (Phi) is 11.3. The van der Waals surface area contributed by atoms with E-state index in [2.05, 4.69) is 4.99 Å². The molecule has 2 aromatic carbocycles. The zero-order chi connectivity index (χ0) is 23.5. The minimum atomic E-state index is -3.32. The summed E-state index contributed by atoms with van der Waals surface area (Å²) in [5.74, 6) is -0.498. The molecule has 166 valence electrons. The fourth-order valence-corrected chi connectivity index (χ4v) is 2.77. The zero-order valence-corrected chi connectivity index (χ0v) is 20.0. The van der Waals surface area contributed by atoms with Crippen LogP contribution in [0.5, 0.6) is 0 Å². The van der Waals surface area contributed by atoms with E-state index in [1.54, 1.807) is 6.21 Å². The molecule has 0 bridgehead atoms. The molecule has 0 spiro atoms. The highest BCUT2D eigenvalue weighted by Gasteiger charge is 2.14. The van der Waals surface area contributed by atoms with Crippen LogP contribution in [-0.2, 0) is 9.84 Å². The van der Waals surface area contributed by atoms with Gasteiger partial charge in [0, 0.05) is 23.6 Å². The fraction of sp³-hybridized carbons (Fsp3) is 0.375. The summed E-state index contributed by atoms with van der Waals surface area (Å²) in [5, 5.41) is 10.7. The first kappa shape index (κ1) is 27.5. The monoisotopic (exact) mass is 435 g/mol. The molecule has 0 fully saturated rings. The molecule has 0 saturated carbocycles. The van der Waals surface area contributed by atoms with Crippen LogP contribution < -0.4 is 0 Å². The van der Waals surface area contributed by atoms with Crippen molar-refractivity contribution in [3.63, 3.8) is 0 Å². The Labute approximate surface area is 181 Å². The van der Waals surface area contributed by atoms with Crippen LogP contribution in [-0.4, -0.2) is 26.0 Å². The highest BCUT2D eigenvalue weighted by atomic mass is 32.2. The Morgan fingerprint density at radius 3 is 1.73 bits per heavy atom. The molecule has 0 unspecified atom stereocenters. The third-order valence-electron chi connectivity index (χ3n) is 3.48. The molecule has 0 heterocycles. The van der Waals surface area contributed by atoms with Gasteiger partial charge in [-0.05, 0) is 53.9 Å². The normalized spacial score (nSPS) is 12.3. The lowest BCUT2D eigenvalue weighted by Crippen LogP contribution is -2.06. The van der Waals surface area contributed by atoms with Crippen molar-refractivity contribution >= 4 is 27.5 Å². The summed E-state index contributed by atoms with van der Waals surface area (Å²) in [5.41, 5.74) is 1.04. The van der Waals surface area contributed by atoms with Gasteiger partial charge in [0.25, 0.3) is 0 Å². The quantitative estimate of drug-likeness (QED) is 0.327. The number of aliphatic hydroxyl groups excluding tert-OH is 1. The van der Waals surface area contributed by atoms with E-state index in [0.29, 0.717) is 11.1 Å². The van der Waals surface area contributed by atoms with E-state index in [1.807, 2.05) is 48.5 Å². The van der Waals surface area contributed by atoms with Crippen LogP contribution in [0.25, 0.3) is 11.5 Å². The first-order chi connectivity index (χ1) is 14.0. The standard InChI is InChI=1S/C20H22FNO3S.2C2H6/c1-20(2,3)13-22-18(14-5-9-16(21)10-6-14)19(23)15-7-11-17(12-8-15)26(4,24)25;2*1-2/h5-13,23H,1-4H3;2*1-2H3/b19-18-,22-13?;;. The molecule has 4 nitrogen and oxygen atoms in total. The van der Waals surface area contributed by atoms with Crippen molar-refractivity contribution in [1.82, 2.24) is 0 Å². The predicted molar refractivity (Wildman–Crippen MR) is 126 cm³/mol. The third-order valence-corrected chi connectivity index (χ3v) is 4.61. The van der Waals surface area contributed by atoms with Crippen LogP contribution in [0.15, 0.2) is 58.4 Å². The molecular formula is C24H34FNO3S. The average Bonchev–Trinajstić information content (AvgIpc) is 2.71. The first-order valence-corrected chi connectivity index (χ1v) is 11.9. The summed E-state index contributed by atoms with van der Waals surface area (Å²) in [6.07, 6.45) is 2.82. The second-order valence-electron chi connectivity index (χ2n) is 7.12. The molecule has 0 aliphatic heterocycles. The van der Waals surface area contributed by atoms with Crippen LogP contribution in [0.2, 0.25) is 0 Å². The van der Waals surface area contributed by atoms with Crippen LogP contribution in [0.1, 0.15) is 59.6 Å². The lowest BCUT2D eigenvalue weighted by molar-refractivity contribution is 0.512. The molecule has 0 saturated heterocycles. The van der Waals surface area contributed by atoms with E-state index in [-0.39, 0.29) is 27.6 Å². The molecule has 0 atom stereocenters. The van der Waals surface area contributed by atoms with Gasteiger partial charge in [-0.1, -0.05) is 48.5 Å². The van der Waals surface area contributed by atoms with Crippen molar-refractivity contribution < 1.29 is 17.9 Å². The van der Waals surface area contributed by atoms with Crippen molar-refractivity contribution in [2.24, 2.45) is 10.4 Å². The number of aliphatic imine (C=N–C) groups is 1. The van der Waals surface area contributed by atoms with Crippen molar-refractivity contribution in [2.75, 3.05) is 6.26 Å². The van der Waals surface area contributed by atoms with Crippen LogP contribution in [0.4, 0.5) is 4.39 Å². The Balaban J connectivity index is 0.00000198. The molecule has 2 aromatic rings. The maximum Gasteiger partial charge on any atom is 0.175 e. The number of halogens is 1. The van der Waals surface area contributed by atoms with E-state index in [0.717, 1.165) is 6.26 Å². The molecule has 0 radical (unpaired) electrons. The average molecular weight is 436 g/mol. The number of aliphatic hydroxyl groups is 1. The second kappa shape index (κ2) is 12.3. The Bertz CT molecular complexity index is 937. The lowest BCUT2D eigenvalue weighted by Gasteiger charge is -2.13. The molecule has 2 rings (SSSR count).